The van der Waals surface area contributed by atoms with Gasteiger partial charge in [0.2, 0.25) is 0 Å². The Labute approximate surface area is 136 Å². The Morgan fingerprint density at radius 2 is 1.80 bits per heavy atom. The molecule has 1 heterocycles. The zero-order valence-corrected chi connectivity index (χ0v) is 13.5. The van der Waals surface area contributed by atoms with Gasteiger partial charge in [0, 0.05) is 32.5 Å². The van der Waals surface area contributed by atoms with Crippen molar-refractivity contribution in [1.29, 1.82) is 0 Å². The standard InChI is InChI=1S/C15H12BrCl2NO/c16-9-1-2-12-13(19)7-14(20-15(12)5-9)8-3-10(17)6-11(18)4-8/h1-6,13-14H,7,19H2/t13-,14?/m0/s1. The summed E-state index contributed by atoms with van der Waals surface area (Å²) in [6.45, 7) is 0. The molecule has 5 heteroatoms. The molecule has 1 unspecified atom stereocenters. The normalized spacial score (nSPS) is 21.2. The third-order valence-corrected chi connectivity index (χ3v) is 4.30. The second-order valence-electron chi connectivity index (χ2n) is 4.83. The zero-order chi connectivity index (χ0) is 14.3. The Kier molecular flexibility index (Phi) is 3.95. The van der Waals surface area contributed by atoms with Crippen LogP contribution in [0.5, 0.6) is 5.75 Å². The average Bonchev–Trinajstić information content (AvgIpc) is 2.36. The van der Waals surface area contributed by atoms with Crippen LogP contribution in [0.1, 0.15) is 29.7 Å². The van der Waals surface area contributed by atoms with Gasteiger partial charge in [-0.1, -0.05) is 45.2 Å². The molecule has 1 aliphatic heterocycles. The van der Waals surface area contributed by atoms with Crippen LogP contribution in [-0.4, -0.2) is 0 Å². The van der Waals surface area contributed by atoms with Crippen LogP contribution >= 0.6 is 39.1 Å². The van der Waals surface area contributed by atoms with Gasteiger partial charge in [0.1, 0.15) is 11.9 Å². The molecule has 0 amide bonds. The van der Waals surface area contributed by atoms with E-state index in [2.05, 4.69) is 15.9 Å². The third-order valence-electron chi connectivity index (χ3n) is 3.37. The van der Waals surface area contributed by atoms with E-state index in [1.54, 1.807) is 6.07 Å². The first-order chi connectivity index (χ1) is 9.52. The maximum absolute atomic E-state index is 6.24. The minimum atomic E-state index is -0.136. The van der Waals surface area contributed by atoms with Gasteiger partial charge in [-0.2, -0.15) is 0 Å². The van der Waals surface area contributed by atoms with Crippen LogP contribution in [0.2, 0.25) is 10.0 Å². The fraction of sp³-hybridized carbons (Fsp3) is 0.200. The molecule has 3 rings (SSSR count). The first kappa shape index (κ1) is 14.2. The molecule has 0 saturated heterocycles. The van der Waals surface area contributed by atoms with Crippen LogP contribution in [-0.2, 0) is 0 Å². The number of halogens is 3. The highest BCUT2D eigenvalue weighted by molar-refractivity contribution is 9.10. The molecule has 0 spiro atoms. The molecule has 0 aliphatic carbocycles. The lowest BCUT2D eigenvalue weighted by Crippen LogP contribution is -2.24. The number of hydrogen-bond acceptors (Lipinski definition) is 2. The molecule has 1 aliphatic rings. The van der Waals surface area contributed by atoms with Gasteiger partial charge in [-0.25, -0.2) is 0 Å². The number of rotatable bonds is 1. The van der Waals surface area contributed by atoms with E-state index in [1.165, 1.54) is 0 Å². The van der Waals surface area contributed by atoms with Crippen molar-refractivity contribution in [2.45, 2.75) is 18.6 Å². The van der Waals surface area contributed by atoms with Crippen LogP contribution in [0, 0.1) is 0 Å². The first-order valence-corrected chi connectivity index (χ1v) is 7.75. The molecule has 20 heavy (non-hydrogen) atoms. The van der Waals surface area contributed by atoms with Gasteiger partial charge in [0.05, 0.1) is 0 Å². The molecule has 0 saturated carbocycles. The van der Waals surface area contributed by atoms with E-state index in [9.17, 15) is 0 Å². The Balaban J connectivity index is 1.98. The van der Waals surface area contributed by atoms with Crippen LogP contribution in [0.25, 0.3) is 0 Å². The minimum absolute atomic E-state index is 0.0605. The summed E-state index contributed by atoms with van der Waals surface area (Å²) in [5.74, 6) is 0.805. The van der Waals surface area contributed by atoms with Gasteiger partial charge < -0.3 is 10.5 Å². The Bertz CT molecular complexity index is 642. The van der Waals surface area contributed by atoms with E-state index in [0.717, 1.165) is 21.3 Å². The molecule has 2 atom stereocenters. The predicted octanol–water partition coefficient (Wildman–Crippen LogP) is 5.28. The van der Waals surface area contributed by atoms with Crippen molar-refractivity contribution in [1.82, 2.24) is 0 Å². The second-order valence-corrected chi connectivity index (χ2v) is 6.62. The molecule has 0 fully saturated rings. The average molecular weight is 373 g/mol. The van der Waals surface area contributed by atoms with Crippen molar-refractivity contribution >= 4 is 39.1 Å². The topological polar surface area (TPSA) is 35.2 Å². The van der Waals surface area contributed by atoms with Crippen molar-refractivity contribution in [3.05, 3.63) is 62.0 Å². The Morgan fingerprint density at radius 3 is 2.50 bits per heavy atom. The van der Waals surface area contributed by atoms with Gasteiger partial charge in [-0.3, -0.25) is 0 Å². The second kappa shape index (κ2) is 5.57. The highest BCUT2D eigenvalue weighted by Crippen LogP contribution is 2.41. The number of fused-ring (bicyclic) bond motifs is 1. The van der Waals surface area contributed by atoms with Crippen molar-refractivity contribution in [3.63, 3.8) is 0 Å². The molecule has 104 valence electrons. The van der Waals surface area contributed by atoms with Gasteiger partial charge >= 0.3 is 0 Å². The largest absolute Gasteiger partial charge is 0.485 e. The lowest BCUT2D eigenvalue weighted by atomic mass is 9.94. The summed E-state index contributed by atoms with van der Waals surface area (Å²) in [5, 5.41) is 1.20. The van der Waals surface area contributed by atoms with E-state index in [-0.39, 0.29) is 12.1 Å². The van der Waals surface area contributed by atoms with Gasteiger partial charge in [0.25, 0.3) is 0 Å². The molecular formula is C15H12BrCl2NO. The summed E-state index contributed by atoms with van der Waals surface area (Å²) < 4.78 is 7.02. The molecule has 2 aromatic rings. The summed E-state index contributed by atoms with van der Waals surface area (Å²) in [4.78, 5) is 0. The van der Waals surface area contributed by atoms with Crippen LogP contribution in [0.15, 0.2) is 40.9 Å². The van der Waals surface area contributed by atoms with E-state index >= 15 is 0 Å². The predicted molar refractivity (Wildman–Crippen MR) is 85.5 cm³/mol. The lowest BCUT2D eigenvalue weighted by molar-refractivity contribution is 0.161. The quantitative estimate of drug-likeness (QED) is 0.738. The van der Waals surface area contributed by atoms with Crippen LogP contribution < -0.4 is 10.5 Å². The van der Waals surface area contributed by atoms with Gasteiger partial charge in [-0.05, 0) is 35.9 Å². The fourth-order valence-electron chi connectivity index (χ4n) is 2.44. The Morgan fingerprint density at radius 1 is 1.10 bits per heavy atom. The zero-order valence-electron chi connectivity index (χ0n) is 10.4. The van der Waals surface area contributed by atoms with E-state index in [4.69, 9.17) is 33.7 Å². The van der Waals surface area contributed by atoms with Crippen molar-refractivity contribution in [3.8, 4) is 5.75 Å². The molecule has 2 nitrogen and oxygen atoms in total. The third kappa shape index (κ3) is 2.82. The molecule has 2 aromatic carbocycles. The smallest absolute Gasteiger partial charge is 0.126 e. The van der Waals surface area contributed by atoms with E-state index in [1.807, 2.05) is 30.3 Å². The van der Waals surface area contributed by atoms with Crippen LogP contribution in [0.3, 0.4) is 0 Å². The van der Waals surface area contributed by atoms with Crippen molar-refractivity contribution in [2.75, 3.05) is 0 Å². The van der Waals surface area contributed by atoms with Crippen molar-refractivity contribution in [2.24, 2.45) is 5.73 Å². The Hall–Kier alpha value is -0.740. The molecule has 0 bridgehead atoms. The van der Waals surface area contributed by atoms with Gasteiger partial charge in [-0.15, -0.1) is 0 Å². The number of hydrogen-bond donors (Lipinski definition) is 1. The van der Waals surface area contributed by atoms with E-state index < -0.39 is 0 Å². The van der Waals surface area contributed by atoms with Crippen molar-refractivity contribution < 1.29 is 4.74 Å². The number of benzene rings is 2. The van der Waals surface area contributed by atoms with E-state index in [0.29, 0.717) is 16.5 Å². The highest BCUT2D eigenvalue weighted by atomic mass is 79.9. The summed E-state index contributed by atoms with van der Waals surface area (Å²) in [6, 6.07) is 11.3. The lowest BCUT2D eigenvalue weighted by Gasteiger charge is -2.31. The number of ether oxygens (including phenoxy) is 1. The summed E-state index contributed by atoms with van der Waals surface area (Å²) in [6.07, 6.45) is 0.564. The number of nitrogens with two attached hydrogens (primary N) is 1. The SMILES string of the molecule is N[C@H]1CC(c2cc(Cl)cc(Cl)c2)Oc2cc(Br)ccc21. The highest BCUT2D eigenvalue weighted by Gasteiger charge is 2.27. The minimum Gasteiger partial charge on any atom is -0.485 e. The maximum atomic E-state index is 6.24. The molecule has 0 radical (unpaired) electrons. The summed E-state index contributed by atoms with van der Waals surface area (Å²) in [7, 11) is 0. The summed E-state index contributed by atoms with van der Waals surface area (Å²) in [5.41, 5.74) is 8.21. The van der Waals surface area contributed by atoms with Gasteiger partial charge in [0.15, 0.2) is 0 Å². The first-order valence-electron chi connectivity index (χ1n) is 6.20. The maximum Gasteiger partial charge on any atom is 0.126 e. The molecular weight excluding hydrogens is 361 g/mol. The summed E-state index contributed by atoms with van der Waals surface area (Å²) >= 11 is 15.6. The van der Waals surface area contributed by atoms with Crippen LogP contribution in [0.4, 0.5) is 0 Å². The molecule has 0 aromatic heterocycles. The fourth-order valence-corrected chi connectivity index (χ4v) is 3.32. The monoisotopic (exact) mass is 371 g/mol. The molecule has 2 N–H and O–H groups in total.